The Balaban J connectivity index is 5.26. The van der Waals surface area contributed by atoms with Crippen molar-refractivity contribution in [2.75, 3.05) is 39.6 Å². The van der Waals surface area contributed by atoms with Gasteiger partial charge in [-0.2, -0.15) is 0 Å². The predicted octanol–water partition coefficient (Wildman–Crippen LogP) is 25.5. The zero-order chi connectivity index (χ0) is 75.6. The summed E-state index contributed by atoms with van der Waals surface area (Å²) in [5.41, 5.74) is 0. The fourth-order valence-electron chi connectivity index (χ4n) is 13.1. The molecule has 3 N–H and O–H groups in total. The average Bonchev–Trinajstić information content (AvgIpc) is 0.947. The van der Waals surface area contributed by atoms with Crippen molar-refractivity contribution < 1.29 is 80.2 Å². The van der Waals surface area contributed by atoms with Crippen LogP contribution in [-0.2, 0) is 65.4 Å². The number of unbranched alkanes of at least 4 members (excludes halogenated alkanes) is 53. The van der Waals surface area contributed by atoms with Crippen molar-refractivity contribution in [1.82, 2.24) is 0 Å². The highest BCUT2D eigenvalue weighted by molar-refractivity contribution is 7.47. The molecule has 2 unspecified atom stereocenters. The van der Waals surface area contributed by atoms with Gasteiger partial charge in [0, 0.05) is 25.7 Å². The van der Waals surface area contributed by atoms with Crippen LogP contribution >= 0.6 is 15.6 Å². The van der Waals surface area contributed by atoms with E-state index in [1.807, 2.05) is 0 Å². The fourth-order valence-corrected chi connectivity index (χ4v) is 14.6. The first-order valence-electron chi connectivity index (χ1n) is 43.5. The Labute approximate surface area is 632 Å². The number of hydrogen-bond acceptors (Lipinski definition) is 15. The van der Waals surface area contributed by atoms with E-state index in [4.69, 9.17) is 37.0 Å². The highest BCUT2D eigenvalue weighted by atomic mass is 31.2. The normalized spacial score (nSPS) is 13.9. The van der Waals surface area contributed by atoms with E-state index in [-0.39, 0.29) is 25.7 Å². The highest BCUT2D eigenvalue weighted by Crippen LogP contribution is 2.45. The second-order valence-electron chi connectivity index (χ2n) is 31.2. The van der Waals surface area contributed by atoms with E-state index in [0.29, 0.717) is 25.7 Å². The van der Waals surface area contributed by atoms with Gasteiger partial charge in [0.25, 0.3) is 0 Å². The molecule has 0 saturated carbocycles. The van der Waals surface area contributed by atoms with Gasteiger partial charge in [0.2, 0.25) is 0 Å². The summed E-state index contributed by atoms with van der Waals surface area (Å²) in [4.78, 5) is 73.2. The van der Waals surface area contributed by atoms with Crippen LogP contribution in [0.2, 0.25) is 0 Å². The van der Waals surface area contributed by atoms with E-state index < -0.39 is 97.5 Å². The molecule has 0 aromatic rings. The first-order chi connectivity index (χ1) is 49.9. The number of carbonyl (C=O) groups excluding carboxylic acids is 4. The maximum Gasteiger partial charge on any atom is 0.472 e. The van der Waals surface area contributed by atoms with Gasteiger partial charge in [0.05, 0.1) is 26.4 Å². The summed E-state index contributed by atoms with van der Waals surface area (Å²) in [6.07, 6.45) is 66.5. The molecule has 0 bridgehead atoms. The van der Waals surface area contributed by atoms with Crippen molar-refractivity contribution >= 4 is 39.5 Å². The first kappa shape index (κ1) is 101. The molecule has 0 fully saturated rings. The van der Waals surface area contributed by atoms with Crippen LogP contribution in [-0.4, -0.2) is 96.7 Å². The molecule has 0 aromatic heterocycles. The monoisotopic (exact) mass is 1510 g/mol. The fraction of sp³-hybridized carbons (Fsp3) is 0.952. The molecule has 0 amide bonds. The Morgan fingerprint density at radius 3 is 0.660 bits per heavy atom. The van der Waals surface area contributed by atoms with E-state index >= 15 is 0 Å². The molecule has 0 aromatic carbocycles. The number of phosphoric ester groups is 2. The third kappa shape index (κ3) is 78.0. The van der Waals surface area contributed by atoms with Crippen LogP contribution in [0.3, 0.4) is 0 Å². The Bertz CT molecular complexity index is 1980. The lowest BCUT2D eigenvalue weighted by Gasteiger charge is -2.21. The van der Waals surface area contributed by atoms with Crippen LogP contribution in [0.15, 0.2) is 0 Å². The summed E-state index contributed by atoms with van der Waals surface area (Å²) in [6.45, 7) is 9.70. The van der Waals surface area contributed by atoms with E-state index in [2.05, 4.69) is 41.5 Å². The molecular weight excluding hydrogens is 1340 g/mol. The molecule has 0 heterocycles. The second kappa shape index (κ2) is 75.5. The molecule has 0 rings (SSSR count). The lowest BCUT2D eigenvalue weighted by Crippen LogP contribution is -2.30. The van der Waals surface area contributed by atoms with Crippen molar-refractivity contribution in [2.24, 2.45) is 11.8 Å². The molecule has 0 aliphatic rings. The Kier molecular flexibility index (Phi) is 74.1. The molecule has 0 spiro atoms. The van der Waals surface area contributed by atoms with E-state index in [9.17, 15) is 43.2 Å². The van der Waals surface area contributed by atoms with Crippen LogP contribution in [0.25, 0.3) is 0 Å². The lowest BCUT2D eigenvalue weighted by atomic mass is 10.0. The minimum atomic E-state index is -4.96. The summed E-state index contributed by atoms with van der Waals surface area (Å²) in [5, 5.41) is 10.7. The zero-order valence-corrected chi connectivity index (χ0v) is 69.4. The number of aliphatic hydroxyl groups excluding tert-OH is 1. The van der Waals surface area contributed by atoms with Crippen LogP contribution in [0.4, 0.5) is 0 Å². The van der Waals surface area contributed by atoms with Crippen LogP contribution in [0.5, 0.6) is 0 Å². The van der Waals surface area contributed by atoms with Gasteiger partial charge in [-0.3, -0.25) is 37.3 Å². The minimum absolute atomic E-state index is 0.108. The molecular formula is C84H164O17P2. The third-order valence-corrected chi connectivity index (χ3v) is 21.6. The summed E-state index contributed by atoms with van der Waals surface area (Å²) in [5.74, 6) is -0.516. The van der Waals surface area contributed by atoms with Gasteiger partial charge < -0.3 is 33.8 Å². The smallest absolute Gasteiger partial charge is 0.462 e. The molecule has 0 saturated heterocycles. The standard InChI is InChI=1S/C84H164O17P2/c1-7-9-11-13-15-17-19-21-22-23-24-25-32-38-44-50-56-62-68-83(88)100-80(73-95-82(87)67-61-55-49-43-37-31-27-26-29-34-40-46-52-58-64-76(3)4)75-99-103(92,93)97-71-78(85)70-96-102(90,91)98-74-79(72-94-81(86)66-60-54-48-42-36-20-18-16-14-12-10-8-2)101-84(89)69-63-57-51-45-39-33-28-30-35-41-47-53-59-65-77(5)6/h76-80,85H,7-75H2,1-6H3,(H,90,91)(H,92,93)/t78-,79+,80+/m0/s1. The lowest BCUT2D eigenvalue weighted by molar-refractivity contribution is -0.161. The molecule has 0 aliphatic carbocycles. The van der Waals surface area contributed by atoms with Gasteiger partial charge in [0.15, 0.2) is 12.2 Å². The number of ether oxygens (including phenoxy) is 4. The second-order valence-corrected chi connectivity index (χ2v) is 34.1. The van der Waals surface area contributed by atoms with E-state index in [1.54, 1.807) is 0 Å². The maximum absolute atomic E-state index is 13.1. The maximum atomic E-state index is 13.1. The molecule has 0 radical (unpaired) electrons. The molecule has 612 valence electrons. The van der Waals surface area contributed by atoms with Gasteiger partial charge in [-0.25, -0.2) is 9.13 Å². The number of aliphatic hydroxyl groups is 1. The number of phosphoric acid groups is 2. The first-order valence-corrected chi connectivity index (χ1v) is 46.5. The summed E-state index contributed by atoms with van der Waals surface area (Å²) < 4.78 is 68.9. The summed E-state index contributed by atoms with van der Waals surface area (Å²) in [7, 11) is -9.93. The third-order valence-electron chi connectivity index (χ3n) is 19.7. The van der Waals surface area contributed by atoms with Gasteiger partial charge in [-0.05, 0) is 37.5 Å². The minimum Gasteiger partial charge on any atom is -0.462 e. The quantitative estimate of drug-likeness (QED) is 0.0222. The molecule has 5 atom stereocenters. The number of hydrogen-bond donors (Lipinski definition) is 3. The zero-order valence-electron chi connectivity index (χ0n) is 67.6. The van der Waals surface area contributed by atoms with Crippen molar-refractivity contribution in [3.8, 4) is 0 Å². The van der Waals surface area contributed by atoms with Crippen LogP contribution in [0.1, 0.15) is 446 Å². The molecule has 0 aliphatic heterocycles. The molecule has 103 heavy (non-hydrogen) atoms. The van der Waals surface area contributed by atoms with Crippen LogP contribution in [0, 0.1) is 11.8 Å². The Hall–Kier alpha value is -1.94. The van der Waals surface area contributed by atoms with E-state index in [0.717, 1.165) is 102 Å². The van der Waals surface area contributed by atoms with Crippen molar-refractivity contribution in [1.29, 1.82) is 0 Å². The van der Waals surface area contributed by atoms with E-state index in [1.165, 1.54) is 263 Å². The SMILES string of the molecule is CCCCCCCCCCCCCCCCCCCCC(=O)O[C@H](COC(=O)CCCCCCCCCCCCCCCCC(C)C)COP(=O)(O)OC[C@@H](O)COP(=O)(O)OC[C@@H](COC(=O)CCCCCCCCCCCCCC)OC(=O)CCCCCCCCCCCCCCCC(C)C. The van der Waals surface area contributed by atoms with Gasteiger partial charge in [0.1, 0.15) is 19.3 Å². The Morgan fingerprint density at radius 2 is 0.447 bits per heavy atom. The van der Waals surface area contributed by atoms with Gasteiger partial charge in [-0.1, -0.05) is 395 Å². The van der Waals surface area contributed by atoms with Crippen molar-refractivity contribution in [2.45, 2.75) is 464 Å². The highest BCUT2D eigenvalue weighted by Gasteiger charge is 2.30. The van der Waals surface area contributed by atoms with Crippen molar-refractivity contribution in [3.05, 3.63) is 0 Å². The van der Waals surface area contributed by atoms with Crippen LogP contribution < -0.4 is 0 Å². The van der Waals surface area contributed by atoms with Crippen molar-refractivity contribution in [3.63, 3.8) is 0 Å². The molecule has 17 nitrogen and oxygen atoms in total. The number of carbonyl (C=O) groups is 4. The topological polar surface area (TPSA) is 237 Å². The summed E-state index contributed by atoms with van der Waals surface area (Å²) in [6, 6.07) is 0. The predicted molar refractivity (Wildman–Crippen MR) is 423 cm³/mol. The number of rotatable bonds is 83. The Morgan fingerprint density at radius 1 is 0.262 bits per heavy atom. The average molecular weight is 1510 g/mol. The van der Waals surface area contributed by atoms with Gasteiger partial charge in [-0.15, -0.1) is 0 Å². The van der Waals surface area contributed by atoms with Gasteiger partial charge >= 0.3 is 39.5 Å². The largest absolute Gasteiger partial charge is 0.472 e. The number of esters is 4. The molecule has 19 heteroatoms. The summed E-state index contributed by atoms with van der Waals surface area (Å²) >= 11 is 0.